The first-order chi connectivity index (χ1) is 13.6. The second-order valence-electron chi connectivity index (χ2n) is 5.95. The molecule has 0 aliphatic heterocycles. The first kappa shape index (κ1) is 19.2. The minimum Gasteiger partial charge on any atom is -0.497 e. The molecule has 0 aliphatic carbocycles. The lowest BCUT2D eigenvalue weighted by Gasteiger charge is -2.09. The number of amides is 1. The molecule has 1 N–H and O–H groups in total. The Bertz CT molecular complexity index is 981. The van der Waals surface area contributed by atoms with Crippen molar-refractivity contribution in [2.24, 2.45) is 0 Å². The van der Waals surface area contributed by atoms with Crippen LogP contribution in [0, 0.1) is 0 Å². The fourth-order valence-corrected chi connectivity index (χ4v) is 2.70. The average Bonchev–Trinajstić information content (AvgIpc) is 3.21. The standard InChI is InChI=1S/C21H21N3O4/c1-4-6-14-11-16(9-10-18(14)27-3)21(25)22-13-19-23-20(24-28-19)15-7-5-8-17(12-15)26-2/h4-5,7-12H,1,6,13H2,2-3H3,(H,22,25). The van der Waals surface area contributed by atoms with Gasteiger partial charge in [-0.2, -0.15) is 4.98 Å². The van der Waals surface area contributed by atoms with E-state index in [0.29, 0.717) is 29.4 Å². The van der Waals surface area contributed by atoms with Crippen molar-refractivity contribution in [2.45, 2.75) is 13.0 Å². The van der Waals surface area contributed by atoms with Crippen molar-refractivity contribution in [3.05, 3.63) is 72.1 Å². The van der Waals surface area contributed by atoms with Gasteiger partial charge in [-0.15, -0.1) is 6.58 Å². The molecule has 1 aromatic heterocycles. The van der Waals surface area contributed by atoms with Crippen LogP contribution < -0.4 is 14.8 Å². The van der Waals surface area contributed by atoms with E-state index >= 15 is 0 Å². The van der Waals surface area contributed by atoms with E-state index in [4.69, 9.17) is 14.0 Å². The number of benzene rings is 2. The lowest BCUT2D eigenvalue weighted by molar-refractivity contribution is 0.0946. The highest BCUT2D eigenvalue weighted by atomic mass is 16.5. The maximum Gasteiger partial charge on any atom is 0.251 e. The summed E-state index contributed by atoms with van der Waals surface area (Å²) in [5.41, 5.74) is 2.18. The molecule has 0 unspecified atom stereocenters. The van der Waals surface area contributed by atoms with Gasteiger partial charge < -0.3 is 19.3 Å². The van der Waals surface area contributed by atoms with Crippen molar-refractivity contribution >= 4 is 5.91 Å². The molecule has 1 heterocycles. The topological polar surface area (TPSA) is 86.5 Å². The number of hydrogen-bond acceptors (Lipinski definition) is 6. The van der Waals surface area contributed by atoms with Gasteiger partial charge in [-0.05, 0) is 42.3 Å². The summed E-state index contributed by atoms with van der Waals surface area (Å²) >= 11 is 0. The van der Waals surface area contributed by atoms with Crippen LogP contribution in [0.1, 0.15) is 21.8 Å². The van der Waals surface area contributed by atoms with Crippen LogP contribution in [0.5, 0.6) is 11.5 Å². The van der Waals surface area contributed by atoms with Crippen molar-refractivity contribution in [2.75, 3.05) is 14.2 Å². The quantitative estimate of drug-likeness (QED) is 0.604. The minimum absolute atomic E-state index is 0.124. The van der Waals surface area contributed by atoms with E-state index in [0.717, 1.165) is 16.9 Å². The number of allylic oxidation sites excluding steroid dienone is 1. The predicted octanol–water partition coefficient (Wildman–Crippen LogP) is 3.41. The Morgan fingerprint density at radius 2 is 2.07 bits per heavy atom. The maximum absolute atomic E-state index is 12.5. The van der Waals surface area contributed by atoms with Crippen LogP contribution >= 0.6 is 0 Å². The summed E-state index contributed by atoms with van der Waals surface area (Å²) in [7, 11) is 3.19. The minimum atomic E-state index is -0.242. The van der Waals surface area contributed by atoms with E-state index in [-0.39, 0.29) is 12.5 Å². The van der Waals surface area contributed by atoms with Crippen molar-refractivity contribution in [1.82, 2.24) is 15.5 Å². The number of ether oxygens (including phenoxy) is 2. The van der Waals surface area contributed by atoms with Crippen LogP contribution in [-0.2, 0) is 13.0 Å². The second-order valence-corrected chi connectivity index (χ2v) is 5.95. The molecule has 0 radical (unpaired) electrons. The van der Waals surface area contributed by atoms with E-state index in [2.05, 4.69) is 22.0 Å². The summed E-state index contributed by atoms with van der Waals surface area (Å²) in [6.07, 6.45) is 2.37. The van der Waals surface area contributed by atoms with Gasteiger partial charge in [0.1, 0.15) is 11.5 Å². The molecule has 2 aromatic carbocycles. The molecule has 28 heavy (non-hydrogen) atoms. The van der Waals surface area contributed by atoms with Gasteiger partial charge in [-0.25, -0.2) is 0 Å². The SMILES string of the molecule is C=CCc1cc(C(=O)NCc2nc(-c3cccc(OC)c3)no2)ccc1OC. The largest absolute Gasteiger partial charge is 0.497 e. The molecule has 3 rings (SSSR count). The lowest BCUT2D eigenvalue weighted by Crippen LogP contribution is -2.23. The summed E-state index contributed by atoms with van der Waals surface area (Å²) in [5, 5.41) is 6.74. The van der Waals surface area contributed by atoms with Gasteiger partial charge in [-0.1, -0.05) is 23.4 Å². The van der Waals surface area contributed by atoms with Crippen molar-refractivity contribution < 1.29 is 18.8 Å². The summed E-state index contributed by atoms with van der Waals surface area (Å²) in [5.74, 6) is 1.92. The van der Waals surface area contributed by atoms with Gasteiger partial charge in [0.15, 0.2) is 0 Å². The van der Waals surface area contributed by atoms with E-state index in [1.807, 2.05) is 24.3 Å². The van der Waals surface area contributed by atoms with E-state index < -0.39 is 0 Å². The van der Waals surface area contributed by atoms with Gasteiger partial charge in [0, 0.05) is 11.1 Å². The first-order valence-electron chi connectivity index (χ1n) is 8.67. The van der Waals surface area contributed by atoms with Gasteiger partial charge in [-0.3, -0.25) is 4.79 Å². The smallest absolute Gasteiger partial charge is 0.251 e. The van der Waals surface area contributed by atoms with Crippen molar-refractivity contribution in [3.8, 4) is 22.9 Å². The molecule has 144 valence electrons. The first-order valence-corrected chi connectivity index (χ1v) is 8.67. The highest BCUT2D eigenvalue weighted by Crippen LogP contribution is 2.22. The molecule has 0 bridgehead atoms. The summed E-state index contributed by atoms with van der Waals surface area (Å²) in [6.45, 7) is 3.85. The second kappa shape index (κ2) is 8.85. The van der Waals surface area contributed by atoms with Crippen molar-refractivity contribution in [1.29, 1.82) is 0 Å². The average molecular weight is 379 g/mol. The Kier molecular flexibility index (Phi) is 6.06. The number of carbonyl (C=O) groups excluding carboxylic acids is 1. The number of methoxy groups -OCH3 is 2. The molecular weight excluding hydrogens is 358 g/mol. The zero-order valence-corrected chi connectivity index (χ0v) is 15.8. The normalized spacial score (nSPS) is 10.4. The number of carbonyl (C=O) groups is 1. The summed E-state index contributed by atoms with van der Waals surface area (Å²) in [6, 6.07) is 12.6. The van der Waals surface area contributed by atoms with Crippen molar-refractivity contribution in [3.63, 3.8) is 0 Å². The van der Waals surface area contributed by atoms with E-state index in [1.165, 1.54) is 0 Å². The van der Waals surface area contributed by atoms with Gasteiger partial charge >= 0.3 is 0 Å². The van der Waals surface area contributed by atoms with Crippen LogP contribution in [0.2, 0.25) is 0 Å². The molecule has 7 heteroatoms. The third kappa shape index (κ3) is 4.37. The number of nitrogens with zero attached hydrogens (tertiary/aromatic N) is 2. The number of aromatic nitrogens is 2. The van der Waals surface area contributed by atoms with Crippen LogP contribution in [0.4, 0.5) is 0 Å². The fourth-order valence-electron chi connectivity index (χ4n) is 2.70. The summed E-state index contributed by atoms with van der Waals surface area (Å²) < 4.78 is 15.7. The Hall–Kier alpha value is -3.61. The molecule has 7 nitrogen and oxygen atoms in total. The molecule has 0 saturated carbocycles. The van der Waals surface area contributed by atoms with Gasteiger partial charge in [0.2, 0.25) is 11.7 Å². The van der Waals surface area contributed by atoms with Crippen LogP contribution in [0.3, 0.4) is 0 Å². The molecule has 0 atom stereocenters. The third-order valence-electron chi connectivity index (χ3n) is 4.10. The van der Waals surface area contributed by atoms with Crippen LogP contribution in [-0.4, -0.2) is 30.3 Å². The number of hydrogen-bond donors (Lipinski definition) is 1. The number of rotatable bonds is 8. The van der Waals surface area contributed by atoms with Gasteiger partial charge in [0.05, 0.1) is 20.8 Å². The Morgan fingerprint density at radius 3 is 2.82 bits per heavy atom. The molecule has 0 fully saturated rings. The predicted molar refractivity (Wildman–Crippen MR) is 104 cm³/mol. The highest BCUT2D eigenvalue weighted by Gasteiger charge is 2.13. The molecule has 3 aromatic rings. The summed E-state index contributed by atoms with van der Waals surface area (Å²) in [4.78, 5) is 16.8. The Balaban J connectivity index is 1.67. The molecule has 1 amide bonds. The Morgan fingerprint density at radius 1 is 1.21 bits per heavy atom. The Labute approximate surface area is 163 Å². The van der Waals surface area contributed by atoms with E-state index in [1.54, 1.807) is 38.5 Å². The van der Waals surface area contributed by atoms with E-state index in [9.17, 15) is 4.79 Å². The zero-order valence-electron chi connectivity index (χ0n) is 15.8. The lowest BCUT2D eigenvalue weighted by atomic mass is 10.1. The zero-order chi connectivity index (χ0) is 19.9. The maximum atomic E-state index is 12.5. The molecule has 0 spiro atoms. The highest BCUT2D eigenvalue weighted by molar-refractivity contribution is 5.94. The fraction of sp³-hybridized carbons (Fsp3) is 0.190. The third-order valence-corrected chi connectivity index (χ3v) is 4.10. The van der Waals surface area contributed by atoms with Gasteiger partial charge in [0.25, 0.3) is 5.91 Å². The molecule has 0 saturated heterocycles. The molecule has 0 aliphatic rings. The van der Waals surface area contributed by atoms with Crippen LogP contribution in [0.15, 0.2) is 59.6 Å². The monoisotopic (exact) mass is 379 g/mol. The number of nitrogens with one attached hydrogen (secondary N) is 1. The molecular formula is C21H21N3O4. The van der Waals surface area contributed by atoms with Crippen LogP contribution in [0.25, 0.3) is 11.4 Å².